The molecule has 4 heterocycles. The normalized spacial score (nSPS) is 12.1. The minimum absolute atomic E-state index is 0.572. The van der Waals surface area contributed by atoms with Gasteiger partial charge in [-0.15, -0.1) is 0 Å². The summed E-state index contributed by atoms with van der Waals surface area (Å²) in [5, 5.41) is 13.9. The number of nitrogens with zero attached hydrogens (tertiary/aromatic N) is 4. The van der Waals surface area contributed by atoms with Gasteiger partial charge < -0.3 is 13.4 Å². The summed E-state index contributed by atoms with van der Waals surface area (Å²) in [6, 6.07) is 68.2. The number of para-hydroxylation sites is 1. The van der Waals surface area contributed by atoms with Crippen LogP contribution in [0.4, 0.5) is 0 Å². The van der Waals surface area contributed by atoms with Crippen LogP contribution >= 0.6 is 0 Å². The lowest BCUT2D eigenvalue weighted by Gasteiger charge is -2.11. The second-order valence-corrected chi connectivity index (χ2v) is 16.4. The molecule has 10 aromatic carbocycles. The van der Waals surface area contributed by atoms with E-state index in [2.05, 4.69) is 132 Å². The van der Waals surface area contributed by atoms with Gasteiger partial charge in [0.1, 0.15) is 22.3 Å². The minimum atomic E-state index is 0.572. The molecule has 6 nitrogen and oxygen atoms in total. The lowest BCUT2D eigenvalue weighted by molar-refractivity contribution is 0.668. The highest BCUT2D eigenvalue weighted by molar-refractivity contribution is 6.24. The Hall–Kier alpha value is -8.61. The van der Waals surface area contributed by atoms with Gasteiger partial charge in [0.05, 0.1) is 11.0 Å². The summed E-state index contributed by atoms with van der Waals surface area (Å²) in [6.45, 7) is 0. The zero-order valence-corrected chi connectivity index (χ0v) is 33.6. The largest absolute Gasteiger partial charge is 0.456 e. The van der Waals surface area contributed by atoms with E-state index in [4.69, 9.17) is 23.8 Å². The van der Waals surface area contributed by atoms with Crippen molar-refractivity contribution < 1.29 is 8.83 Å². The third-order valence-corrected chi connectivity index (χ3v) is 12.8. The second-order valence-electron chi connectivity index (χ2n) is 16.4. The molecule has 63 heavy (non-hydrogen) atoms. The van der Waals surface area contributed by atoms with Crippen LogP contribution in [0.15, 0.2) is 203 Å². The van der Waals surface area contributed by atoms with Crippen LogP contribution in [0.5, 0.6) is 0 Å². The molecule has 292 valence electrons. The molecular formula is C57H32N4O2. The van der Waals surface area contributed by atoms with Crippen LogP contribution in [0, 0.1) is 0 Å². The molecule has 0 N–H and O–H groups in total. The third-order valence-electron chi connectivity index (χ3n) is 12.8. The highest BCUT2D eigenvalue weighted by Crippen LogP contribution is 2.42. The topological polar surface area (TPSA) is 69.9 Å². The number of furan rings is 2. The van der Waals surface area contributed by atoms with Crippen LogP contribution in [0.25, 0.3) is 138 Å². The standard InChI is InChI=1S/C57H32N4O2/c1-2-11-34(12-3-1)55-58-56(60-57(59-55)39-18-23-44-43-16-8-9-17-49(43)63-52(44)32-39)38-21-26-50-46(30-38)54-42-24-22-40(28-37(42)20-27-51(54)62-50)61-47-25-19-33-10-6-7-15-41(33)53(47)45-29-35-13-4-5-14-36(35)31-48(45)61/h1-32H. The summed E-state index contributed by atoms with van der Waals surface area (Å²) >= 11 is 0. The van der Waals surface area contributed by atoms with Crippen molar-refractivity contribution in [3.63, 3.8) is 0 Å². The van der Waals surface area contributed by atoms with Crippen molar-refractivity contribution in [2.24, 2.45) is 0 Å². The Bertz CT molecular complexity index is 4220. The van der Waals surface area contributed by atoms with E-state index in [9.17, 15) is 0 Å². The number of aromatic nitrogens is 4. The van der Waals surface area contributed by atoms with Gasteiger partial charge >= 0.3 is 0 Å². The molecular weight excluding hydrogens is 773 g/mol. The predicted molar refractivity (Wildman–Crippen MR) is 258 cm³/mol. The van der Waals surface area contributed by atoms with Gasteiger partial charge in [-0.2, -0.15) is 0 Å². The molecule has 0 saturated heterocycles. The Morgan fingerprint density at radius 2 is 0.905 bits per heavy atom. The molecule has 14 rings (SSSR count). The van der Waals surface area contributed by atoms with Crippen molar-refractivity contribution in [1.82, 2.24) is 19.5 Å². The third kappa shape index (κ3) is 5.15. The lowest BCUT2D eigenvalue weighted by atomic mass is 10.0. The van der Waals surface area contributed by atoms with Crippen LogP contribution in [0.3, 0.4) is 0 Å². The lowest BCUT2D eigenvalue weighted by Crippen LogP contribution is -2.00. The van der Waals surface area contributed by atoms with E-state index in [0.717, 1.165) is 77.0 Å². The molecule has 6 heteroatoms. The number of hydrogen-bond donors (Lipinski definition) is 0. The van der Waals surface area contributed by atoms with E-state index in [-0.39, 0.29) is 0 Å². The van der Waals surface area contributed by atoms with Crippen LogP contribution in [-0.4, -0.2) is 19.5 Å². The molecule has 0 unspecified atom stereocenters. The highest BCUT2D eigenvalue weighted by atomic mass is 16.3. The number of hydrogen-bond acceptors (Lipinski definition) is 5. The summed E-state index contributed by atoms with van der Waals surface area (Å²) < 4.78 is 15.2. The van der Waals surface area contributed by atoms with Gasteiger partial charge in [0.2, 0.25) is 0 Å². The van der Waals surface area contributed by atoms with Crippen molar-refractivity contribution >= 4 is 98.0 Å². The first kappa shape index (κ1) is 34.1. The van der Waals surface area contributed by atoms with E-state index in [1.165, 1.54) is 43.4 Å². The molecule has 0 amide bonds. The van der Waals surface area contributed by atoms with Crippen LogP contribution < -0.4 is 0 Å². The van der Waals surface area contributed by atoms with Gasteiger partial charge in [0.25, 0.3) is 0 Å². The average Bonchev–Trinajstić information content (AvgIpc) is 4.02. The zero-order chi connectivity index (χ0) is 41.2. The maximum atomic E-state index is 6.53. The van der Waals surface area contributed by atoms with Crippen LogP contribution in [-0.2, 0) is 0 Å². The van der Waals surface area contributed by atoms with Crippen molar-refractivity contribution in [2.45, 2.75) is 0 Å². The first-order valence-corrected chi connectivity index (χ1v) is 21.2. The minimum Gasteiger partial charge on any atom is -0.456 e. The zero-order valence-electron chi connectivity index (χ0n) is 33.6. The van der Waals surface area contributed by atoms with E-state index in [1.807, 2.05) is 66.7 Å². The molecule has 0 aliphatic rings. The summed E-state index contributed by atoms with van der Waals surface area (Å²) in [4.78, 5) is 15.2. The second kappa shape index (κ2) is 12.9. The highest BCUT2D eigenvalue weighted by Gasteiger charge is 2.20. The Balaban J connectivity index is 0.945. The van der Waals surface area contributed by atoms with Crippen molar-refractivity contribution in [2.75, 3.05) is 0 Å². The first-order chi connectivity index (χ1) is 31.2. The Morgan fingerprint density at radius 1 is 0.302 bits per heavy atom. The predicted octanol–water partition coefficient (Wildman–Crippen LogP) is 15.2. The quantitative estimate of drug-likeness (QED) is 0.177. The van der Waals surface area contributed by atoms with Gasteiger partial charge in [-0.05, 0) is 105 Å². The molecule has 4 aromatic heterocycles. The van der Waals surface area contributed by atoms with Crippen molar-refractivity contribution in [3.05, 3.63) is 194 Å². The van der Waals surface area contributed by atoms with Gasteiger partial charge in [0, 0.05) is 54.7 Å². The van der Waals surface area contributed by atoms with E-state index in [0.29, 0.717) is 17.5 Å². The molecule has 0 fully saturated rings. The summed E-state index contributed by atoms with van der Waals surface area (Å²) in [5.74, 6) is 1.75. The molecule has 0 saturated carbocycles. The number of benzene rings is 10. The van der Waals surface area contributed by atoms with Crippen molar-refractivity contribution in [1.29, 1.82) is 0 Å². The van der Waals surface area contributed by atoms with E-state index < -0.39 is 0 Å². The molecule has 14 aromatic rings. The van der Waals surface area contributed by atoms with Gasteiger partial charge in [-0.1, -0.05) is 121 Å². The Labute approximate surface area is 358 Å². The molecule has 0 bridgehead atoms. The molecule has 0 aliphatic carbocycles. The van der Waals surface area contributed by atoms with Crippen LogP contribution in [0.2, 0.25) is 0 Å². The molecule has 0 aliphatic heterocycles. The van der Waals surface area contributed by atoms with Crippen LogP contribution in [0.1, 0.15) is 0 Å². The van der Waals surface area contributed by atoms with E-state index in [1.54, 1.807) is 0 Å². The number of rotatable bonds is 4. The molecule has 0 atom stereocenters. The van der Waals surface area contributed by atoms with Crippen molar-refractivity contribution in [3.8, 4) is 39.9 Å². The summed E-state index contributed by atoms with van der Waals surface area (Å²) in [6.07, 6.45) is 0. The van der Waals surface area contributed by atoms with Gasteiger partial charge in [-0.3, -0.25) is 0 Å². The average molecular weight is 805 g/mol. The maximum absolute atomic E-state index is 6.53. The summed E-state index contributed by atoms with van der Waals surface area (Å²) in [5.41, 5.74) is 9.38. The monoisotopic (exact) mass is 804 g/mol. The Kier molecular flexibility index (Phi) is 7.02. The fourth-order valence-electron chi connectivity index (χ4n) is 9.84. The van der Waals surface area contributed by atoms with E-state index >= 15 is 0 Å². The fourth-order valence-corrected chi connectivity index (χ4v) is 9.84. The SMILES string of the molecule is c1ccc(-c2nc(-c3ccc4c(c3)oc3ccccc34)nc(-c3ccc4oc5ccc6cc(-n7c8cc9ccccc9cc8c8c9ccccc9ccc87)ccc6c5c4c3)n2)cc1. The van der Waals surface area contributed by atoms with Gasteiger partial charge in [0.15, 0.2) is 17.5 Å². The number of fused-ring (bicyclic) bond motifs is 14. The molecule has 0 radical (unpaired) electrons. The smallest absolute Gasteiger partial charge is 0.164 e. The Morgan fingerprint density at radius 3 is 1.76 bits per heavy atom. The van der Waals surface area contributed by atoms with Gasteiger partial charge in [-0.25, -0.2) is 15.0 Å². The molecule has 0 spiro atoms. The first-order valence-electron chi connectivity index (χ1n) is 21.2. The fraction of sp³-hybridized carbons (Fsp3) is 0. The summed E-state index contributed by atoms with van der Waals surface area (Å²) in [7, 11) is 0. The maximum Gasteiger partial charge on any atom is 0.164 e.